The van der Waals surface area contributed by atoms with Gasteiger partial charge in [-0.3, -0.25) is 4.79 Å². The number of ether oxygens (including phenoxy) is 1. The van der Waals surface area contributed by atoms with Crippen molar-refractivity contribution in [3.05, 3.63) is 54.1 Å². The third-order valence-corrected chi connectivity index (χ3v) is 5.37. The monoisotopic (exact) mass is 338 g/mol. The number of aliphatic hydroxyl groups excluding tert-OH is 1. The second-order valence-corrected chi connectivity index (χ2v) is 6.63. The van der Waals surface area contributed by atoms with Gasteiger partial charge in [-0.15, -0.1) is 0 Å². The number of carbonyl (C=O) groups is 1. The van der Waals surface area contributed by atoms with Crippen LogP contribution in [0.2, 0.25) is 0 Å². The first-order valence-corrected chi connectivity index (χ1v) is 8.60. The largest absolute Gasteiger partial charge is 0.497 e. The van der Waals surface area contributed by atoms with Gasteiger partial charge in [0.05, 0.1) is 32.3 Å². The molecule has 0 aromatic heterocycles. The zero-order valence-electron chi connectivity index (χ0n) is 14.2. The van der Waals surface area contributed by atoms with Crippen molar-refractivity contribution in [2.45, 2.75) is 18.0 Å². The number of aliphatic hydroxyl groups is 1. The molecule has 0 saturated carbocycles. The Morgan fingerprint density at radius 3 is 2.36 bits per heavy atom. The molecule has 2 N–H and O–H groups in total. The van der Waals surface area contributed by atoms with E-state index in [2.05, 4.69) is 29.6 Å². The summed E-state index contributed by atoms with van der Waals surface area (Å²) in [7, 11) is 1.66. The normalized spacial score (nSPS) is 25.3. The molecule has 2 aromatic rings. The molecule has 2 aliphatic rings. The molecular formula is C20H22N2O3. The van der Waals surface area contributed by atoms with E-state index in [1.54, 1.807) is 7.11 Å². The quantitative estimate of drug-likeness (QED) is 0.889. The summed E-state index contributed by atoms with van der Waals surface area (Å²) in [5, 5.41) is 12.9. The van der Waals surface area contributed by atoms with Crippen molar-refractivity contribution >= 4 is 5.91 Å². The van der Waals surface area contributed by atoms with E-state index in [9.17, 15) is 9.90 Å². The van der Waals surface area contributed by atoms with Gasteiger partial charge in [0.15, 0.2) is 0 Å². The van der Waals surface area contributed by atoms with Crippen LogP contribution in [0.5, 0.6) is 5.75 Å². The van der Waals surface area contributed by atoms with E-state index in [1.807, 2.05) is 29.2 Å². The fourth-order valence-electron chi connectivity index (χ4n) is 4.09. The summed E-state index contributed by atoms with van der Waals surface area (Å²) in [6, 6.07) is 16.5. The number of nitrogens with zero attached hydrogens (tertiary/aromatic N) is 1. The minimum atomic E-state index is -0.105. The van der Waals surface area contributed by atoms with Gasteiger partial charge in [-0.05, 0) is 28.8 Å². The number of hydrogen-bond acceptors (Lipinski definition) is 4. The molecule has 0 bridgehead atoms. The number of piperazine rings is 1. The van der Waals surface area contributed by atoms with Crippen LogP contribution >= 0.6 is 0 Å². The predicted octanol–water partition coefficient (Wildman–Crippen LogP) is 1.62. The number of fused-ring (bicyclic) bond motifs is 1. The van der Waals surface area contributed by atoms with Crippen LogP contribution in [0.25, 0.3) is 11.1 Å². The average Bonchev–Trinajstić information content (AvgIpc) is 2.64. The van der Waals surface area contributed by atoms with E-state index >= 15 is 0 Å². The topological polar surface area (TPSA) is 61.8 Å². The molecule has 4 rings (SSSR count). The van der Waals surface area contributed by atoms with Gasteiger partial charge < -0.3 is 20.1 Å². The molecule has 2 heterocycles. The Kier molecular flexibility index (Phi) is 4.19. The molecule has 5 nitrogen and oxygen atoms in total. The molecule has 2 aromatic carbocycles. The number of hydrogen-bond donors (Lipinski definition) is 2. The van der Waals surface area contributed by atoms with Gasteiger partial charge >= 0.3 is 0 Å². The highest BCUT2D eigenvalue weighted by Crippen LogP contribution is 2.41. The second-order valence-electron chi connectivity index (χ2n) is 6.63. The zero-order valence-corrected chi connectivity index (χ0v) is 14.2. The van der Waals surface area contributed by atoms with Crippen molar-refractivity contribution in [3.8, 4) is 16.9 Å². The third-order valence-electron chi connectivity index (χ3n) is 5.37. The van der Waals surface area contributed by atoms with Crippen LogP contribution in [0.1, 0.15) is 11.5 Å². The van der Waals surface area contributed by atoms with Crippen molar-refractivity contribution in [2.75, 3.05) is 26.8 Å². The number of benzene rings is 2. The van der Waals surface area contributed by atoms with Crippen molar-refractivity contribution < 1.29 is 14.6 Å². The molecular weight excluding hydrogens is 316 g/mol. The lowest BCUT2D eigenvalue weighted by molar-refractivity contribution is -0.153. The highest BCUT2D eigenvalue weighted by atomic mass is 16.5. The Bertz CT molecular complexity index is 752. The van der Waals surface area contributed by atoms with Gasteiger partial charge in [-0.1, -0.05) is 36.4 Å². The van der Waals surface area contributed by atoms with Crippen molar-refractivity contribution in [1.82, 2.24) is 10.2 Å². The predicted molar refractivity (Wildman–Crippen MR) is 95.5 cm³/mol. The zero-order chi connectivity index (χ0) is 17.4. The average molecular weight is 338 g/mol. The minimum Gasteiger partial charge on any atom is -0.497 e. The maximum Gasteiger partial charge on any atom is 0.237 e. The van der Waals surface area contributed by atoms with Gasteiger partial charge in [-0.25, -0.2) is 0 Å². The Labute approximate surface area is 147 Å². The van der Waals surface area contributed by atoms with Crippen LogP contribution in [0, 0.1) is 0 Å². The van der Waals surface area contributed by atoms with Gasteiger partial charge in [0.25, 0.3) is 0 Å². The first-order valence-electron chi connectivity index (χ1n) is 8.60. The molecule has 0 aliphatic carbocycles. The summed E-state index contributed by atoms with van der Waals surface area (Å²) in [4.78, 5) is 13.9. The van der Waals surface area contributed by atoms with Crippen LogP contribution in [-0.4, -0.2) is 54.8 Å². The van der Waals surface area contributed by atoms with Crippen LogP contribution in [-0.2, 0) is 4.79 Å². The van der Waals surface area contributed by atoms with Crippen LogP contribution in [0.15, 0.2) is 48.5 Å². The van der Waals surface area contributed by atoms with E-state index in [-0.39, 0.29) is 30.5 Å². The molecule has 0 spiro atoms. The molecule has 0 radical (unpaired) electrons. The van der Waals surface area contributed by atoms with Gasteiger partial charge in [0.1, 0.15) is 5.75 Å². The highest BCUT2D eigenvalue weighted by molar-refractivity contribution is 5.81. The van der Waals surface area contributed by atoms with E-state index in [1.165, 1.54) is 5.56 Å². The molecule has 1 amide bonds. The smallest absolute Gasteiger partial charge is 0.237 e. The lowest BCUT2D eigenvalue weighted by Crippen LogP contribution is -2.72. The number of amides is 1. The third kappa shape index (κ3) is 2.69. The molecule has 130 valence electrons. The summed E-state index contributed by atoms with van der Waals surface area (Å²) in [5.41, 5.74) is 3.45. The van der Waals surface area contributed by atoms with Gasteiger partial charge in [-0.2, -0.15) is 0 Å². The second kappa shape index (κ2) is 6.50. The Balaban J connectivity index is 1.56. The van der Waals surface area contributed by atoms with Crippen LogP contribution < -0.4 is 10.1 Å². The molecule has 3 atom stereocenters. The summed E-state index contributed by atoms with van der Waals surface area (Å²) in [6.45, 7) is 1.16. The lowest BCUT2D eigenvalue weighted by Gasteiger charge is -2.57. The Hall–Kier alpha value is -2.37. The van der Waals surface area contributed by atoms with E-state index in [0.717, 1.165) is 23.4 Å². The SMILES string of the molecule is COc1ccc(-c2ccc([C@H]3[C@H]4CNCC(=O)N4[C@H]3CO)cc2)cc1. The number of carbonyl (C=O) groups excluding carboxylic acids is 1. The van der Waals surface area contributed by atoms with Gasteiger partial charge in [0, 0.05) is 12.5 Å². The molecule has 0 unspecified atom stereocenters. The van der Waals surface area contributed by atoms with E-state index in [0.29, 0.717) is 6.54 Å². The van der Waals surface area contributed by atoms with Crippen molar-refractivity contribution in [1.29, 1.82) is 0 Å². The molecule has 2 fully saturated rings. The van der Waals surface area contributed by atoms with Crippen molar-refractivity contribution in [3.63, 3.8) is 0 Å². The first-order chi connectivity index (χ1) is 12.2. The number of nitrogens with one attached hydrogen (secondary N) is 1. The van der Waals surface area contributed by atoms with Crippen LogP contribution in [0.3, 0.4) is 0 Å². The number of rotatable bonds is 4. The maximum atomic E-state index is 12.0. The molecule has 5 heteroatoms. The fraction of sp³-hybridized carbons (Fsp3) is 0.350. The standard InChI is InChI=1S/C20H22N2O3/c1-25-16-8-6-14(7-9-16)13-2-4-15(5-3-13)20-17-10-21-11-19(24)22(17)18(20)12-23/h2-9,17-18,20-21,23H,10-12H2,1H3/t17-,18+,20+/m1/s1. The Morgan fingerprint density at radius 2 is 1.76 bits per heavy atom. The molecule has 25 heavy (non-hydrogen) atoms. The van der Waals surface area contributed by atoms with Gasteiger partial charge in [0.2, 0.25) is 5.91 Å². The lowest BCUT2D eigenvalue weighted by atomic mass is 9.74. The van der Waals surface area contributed by atoms with Crippen molar-refractivity contribution in [2.24, 2.45) is 0 Å². The van der Waals surface area contributed by atoms with E-state index < -0.39 is 0 Å². The first kappa shape index (κ1) is 16.1. The number of methoxy groups -OCH3 is 1. The molecule has 2 aliphatic heterocycles. The maximum absolute atomic E-state index is 12.0. The minimum absolute atomic E-state index is 0.00708. The Morgan fingerprint density at radius 1 is 1.12 bits per heavy atom. The summed E-state index contributed by atoms with van der Waals surface area (Å²) in [5.74, 6) is 1.11. The fourth-order valence-corrected chi connectivity index (χ4v) is 4.09. The summed E-state index contributed by atoms with van der Waals surface area (Å²) < 4.78 is 5.20. The molecule has 2 saturated heterocycles. The summed E-state index contributed by atoms with van der Waals surface area (Å²) >= 11 is 0. The highest BCUT2D eigenvalue weighted by Gasteiger charge is 2.52. The van der Waals surface area contributed by atoms with E-state index in [4.69, 9.17) is 4.74 Å². The van der Waals surface area contributed by atoms with Crippen LogP contribution in [0.4, 0.5) is 0 Å². The summed E-state index contributed by atoms with van der Waals surface area (Å²) in [6.07, 6.45) is 0.